The van der Waals surface area contributed by atoms with Crippen LogP contribution < -0.4 is 5.73 Å². The Balaban J connectivity index is 2.33. The number of aryl methyl sites for hydroxylation is 1. The molecule has 2 N–H and O–H groups in total. The Morgan fingerprint density at radius 2 is 1.80 bits per heavy atom. The van der Waals surface area contributed by atoms with Gasteiger partial charge in [-0.2, -0.15) is 5.10 Å². The Morgan fingerprint density at radius 1 is 1.15 bits per heavy atom. The number of nitrogens with zero attached hydrogens (tertiary/aromatic N) is 2. The van der Waals surface area contributed by atoms with Gasteiger partial charge in [0.15, 0.2) is 0 Å². The third-order valence-electron chi connectivity index (χ3n) is 4.57. The van der Waals surface area contributed by atoms with Crippen molar-refractivity contribution >= 4 is 0 Å². The second kappa shape index (κ2) is 7.26. The van der Waals surface area contributed by atoms with Crippen molar-refractivity contribution < 1.29 is 0 Å². The molecule has 0 radical (unpaired) electrons. The van der Waals surface area contributed by atoms with Gasteiger partial charge in [0.05, 0.1) is 11.7 Å². The highest BCUT2D eigenvalue weighted by atomic mass is 15.3. The summed E-state index contributed by atoms with van der Waals surface area (Å²) in [5.41, 5.74) is 10.2. The van der Waals surface area contributed by atoms with Gasteiger partial charge in [-0.05, 0) is 44.6 Å². The summed E-state index contributed by atoms with van der Waals surface area (Å²) >= 11 is 0. The minimum absolute atomic E-state index is 0.220. The fourth-order valence-corrected chi connectivity index (χ4v) is 3.58. The second-order valence-corrected chi connectivity index (χ2v) is 6.35. The van der Waals surface area contributed by atoms with Gasteiger partial charge >= 0.3 is 0 Å². The monoisotopic (exact) mass is 277 g/mol. The molecule has 1 saturated carbocycles. The third-order valence-corrected chi connectivity index (χ3v) is 4.57. The molecular formula is C17H31N3. The van der Waals surface area contributed by atoms with Crippen LogP contribution in [0.2, 0.25) is 0 Å². The summed E-state index contributed by atoms with van der Waals surface area (Å²) < 4.78 is 2.38. The number of nitrogens with two attached hydrogens (primary N) is 1. The minimum Gasteiger partial charge on any atom is -0.328 e. The first-order valence-electron chi connectivity index (χ1n) is 8.52. The van der Waals surface area contributed by atoms with E-state index in [1.54, 1.807) is 0 Å². The molecule has 1 atom stereocenters. The normalized spacial score (nSPS) is 19.0. The van der Waals surface area contributed by atoms with Crippen LogP contribution >= 0.6 is 0 Å². The Bertz CT molecular complexity index is 412. The first-order valence-corrected chi connectivity index (χ1v) is 8.52. The van der Waals surface area contributed by atoms with Crippen LogP contribution in [0.15, 0.2) is 0 Å². The Kier molecular flexibility index (Phi) is 5.64. The largest absolute Gasteiger partial charge is 0.328 e. The van der Waals surface area contributed by atoms with E-state index in [1.807, 2.05) is 0 Å². The molecule has 1 aromatic rings. The summed E-state index contributed by atoms with van der Waals surface area (Å²) in [7, 11) is 0. The van der Waals surface area contributed by atoms with Gasteiger partial charge in [-0.15, -0.1) is 0 Å². The lowest BCUT2D eigenvalue weighted by Gasteiger charge is -2.18. The lowest BCUT2D eigenvalue weighted by atomic mass is 10.0. The predicted octanol–water partition coefficient (Wildman–Crippen LogP) is 3.79. The zero-order chi connectivity index (χ0) is 14.5. The van der Waals surface area contributed by atoms with Crippen molar-refractivity contribution in [3.8, 4) is 0 Å². The maximum atomic E-state index is 6.05. The molecule has 1 aromatic heterocycles. The second-order valence-electron chi connectivity index (χ2n) is 6.35. The van der Waals surface area contributed by atoms with E-state index in [0.29, 0.717) is 6.04 Å². The van der Waals surface area contributed by atoms with Gasteiger partial charge in [-0.1, -0.05) is 39.5 Å². The van der Waals surface area contributed by atoms with Crippen LogP contribution in [0.25, 0.3) is 0 Å². The van der Waals surface area contributed by atoms with Crippen LogP contribution in [0.3, 0.4) is 0 Å². The van der Waals surface area contributed by atoms with E-state index < -0.39 is 0 Å². The molecule has 1 aliphatic rings. The van der Waals surface area contributed by atoms with Crippen LogP contribution in [0, 0.1) is 0 Å². The van der Waals surface area contributed by atoms with Crippen molar-refractivity contribution in [1.82, 2.24) is 9.78 Å². The smallest absolute Gasteiger partial charge is 0.0657 e. The molecule has 3 nitrogen and oxygen atoms in total. The van der Waals surface area contributed by atoms with E-state index >= 15 is 0 Å². The maximum Gasteiger partial charge on any atom is 0.0657 e. The van der Waals surface area contributed by atoms with Gasteiger partial charge in [-0.3, -0.25) is 4.68 Å². The Hall–Kier alpha value is -0.830. The molecule has 20 heavy (non-hydrogen) atoms. The molecule has 0 aromatic carbocycles. The predicted molar refractivity (Wildman–Crippen MR) is 85.1 cm³/mol. The van der Waals surface area contributed by atoms with Crippen molar-refractivity contribution in [3.05, 3.63) is 17.0 Å². The van der Waals surface area contributed by atoms with Crippen LogP contribution in [-0.4, -0.2) is 15.8 Å². The number of rotatable bonds is 5. The zero-order valence-electron chi connectivity index (χ0n) is 13.5. The summed E-state index contributed by atoms with van der Waals surface area (Å²) in [5, 5.41) is 4.98. The third kappa shape index (κ3) is 3.43. The van der Waals surface area contributed by atoms with E-state index in [0.717, 1.165) is 19.3 Å². The summed E-state index contributed by atoms with van der Waals surface area (Å²) in [6, 6.07) is 0.844. The van der Waals surface area contributed by atoms with E-state index in [-0.39, 0.29) is 6.04 Å². The SMILES string of the molecule is CCc1nn(C2CCCCCC2)c(CC)c1CC(C)N. The molecule has 0 spiro atoms. The average Bonchev–Trinajstić information content (AvgIpc) is 2.62. The van der Waals surface area contributed by atoms with Gasteiger partial charge < -0.3 is 5.73 Å². The minimum atomic E-state index is 0.220. The van der Waals surface area contributed by atoms with E-state index in [9.17, 15) is 0 Å². The van der Waals surface area contributed by atoms with Gasteiger partial charge in [0, 0.05) is 11.7 Å². The molecule has 114 valence electrons. The molecule has 1 aliphatic carbocycles. The first-order chi connectivity index (χ1) is 9.67. The molecule has 3 heteroatoms. The average molecular weight is 277 g/mol. The number of aromatic nitrogens is 2. The quantitative estimate of drug-likeness (QED) is 0.832. The Labute approximate surface area is 123 Å². The van der Waals surface area contributed by atoms with Gasteiger partial charge in [0.25, 0.3) is 0 Å². The van der Waals surface area contributed by atoms with Gasteiger partial charge in [0.1, 0.15) is 0 Å². The highest BCUT2D eigenvalue weighted by Gasteiger charge is 2.22. The highest BCUT2D eigenvalue weighted by Crippen LogP contribution is 2.30. The van der Waals surface area contributed by atoms with E-state index in [2.05, 4.69) is 25.5 Å². The maximum absolute atomic E-state index is 6.05. The molecule has 1 heterocycles. The fourth-order valence-electron chi connectivity index (χ4n) is 3.58. The van der Waals surface area contributed by atoms with Crippen LogP contribution in [0.4, 0.5) is 0 Å². The molecule has 2 rings (SSSR count). The van der Waals surface area contributed by atoms with Crippen LogP contribution in [0.5, 0.6) is 0 Å². The lowest BCUT2D eigenvalue weighted by molar-refractivity contribution is 0.392. The fraction of sp³-hybridized carbons (Fsp3) is 0.824. The number of hydrogen-bond donors (Lipinski definition) is 1. The van der Waals surface area contributed by atoms with E-state index in [4.69, 9.17) is 10.8 Å². The summed E-state index contributed by atoms with van der Waals surface area (Å²) in [5.74, 6) is 0. The summed E-state index contributed by atoms with van der Waals surface area (Å²) in [4.78, 5) is 0. The van der Waals surface area contributed by atoms with Gasteiger partial charge in [0.2, 0.25) is 0 Å². The molecule has 0 saturated heterocycles. The van der Waals surface area contributed by atoms with Crippen molar-refractivity contribution in [2.45, 2.75) is 90.6 Å². The highest BCUT2D eigenvalue weighted by molar-refractivity contribution is 5.28. The van der Waals surface area contributed by atoms with Crippen molar-refractivity contribution in [2.75, 3.05) is 0 Å². The topological polar surface area (TPSA) is 43.8 Å². The lowest BCUT2D eigenvalue weighted by Crippen LogP contribution is -2.19. The van der Waals surface area contributed by atoms with Crippen LogP contribution in [-0.2, 0) is 19.3 Å². The van der Waals surface area contributed by atoms with Gasteiger partial charge in [-0.25, -0.2) is 0 Å². The molecule has 0 bridgehead atoms. The van der Waals surface area contributed by atoms with Crippen LogP contribution in [0.1, 0.15) is 82.3 Å². The molecular weight excluding hydrogens is 246 g/mol. The van der Waals surface area contributed by atoms with Crippen molar-refractivity contribution in [1.29, 1.82) is 0 Å². The zero-order valence-corrected chi connectivity index (χ0v) is 13.5. The molecule has 1 unspecified atom stereocenters. The standard InChI is InChI=1S/C17H31N3/c1-4-16-15(12-13(3)18)17(5-2)20(19-16)14-10-8-6-7-9-11-14/h13-14H,4-12,18H2,1-3H3. The summed E-state index contributed by atoms with van der Waals surface area (Å²) in [6.07, 6.45) is 11.2. The molecule has 1 fully saturated rings. The summed E-state index contributed by atoms with van der Waals surface area (Å²) in [6.45, 7) is 6.57. The first kappa shape index (κ1) is 15.6. The van der Waals surface area contributed by atoms with Crippen molar-refractivity contribution in [3.63, 3.8) is 0 Å². The Morgan fingerprint density at radius 3 is 2.30 bits per heavy atom. The number of hydrogen-bond acceptors (Lipinski definition) is 2. The molecule has 0 aliphatic heterocycles. The van der Waals surface area contributed by atoms with E-state index in [1.165, 1.54) is 55.5 Å². The molecule has 0 amide bonds. The van der Waals surface area contributed by atoms with Crippen molar-refractivity contribution in [2.24, 2.45) is 5.73 Å².